The number of aliphatic hydroxyl groups is 2. The summed E-state index contributed by atoms with van der Waals surface area (Å²) in [5.74, 6) is 1.85. The van der Waals surface area contributed by atoms with E-state index in [1.807, 2.05) is 24.3 Å². The molecule has 160 valence electrons. The normalized spacial score (nSPS) is 28.6. The lowest BCUT2D eigenvalue weighted by atomic mass is 9.66. The molecular weight excluding hydrogens is 392 g/mol. The van der Waals surface area contributed by atoms with E-state index in [4.69, 9.17) is 28.4 Å². The average Bonchev–Trinajstić information content (AvgIpc) is 3.38. The van der Waals surface area contributed by atoms with E-state index in [1.165, 1.54) is 0 Å². The van der Waals surface area contributed by atoms with Crippen molar-refractivity contribution in [2.75, 3.05) is 34.7 Å². The molecule has 0 saturated carbocycles. The summed E-state index contributed by atoms with van der Waals surface area (Å²) < 4.78 is 33.2. The first-order chi connectivity index (χ1) is 14.6. The van der Waals surface area contributed by atoms with Gasteiger partial charge in [-0.25, -0.2) is 0 Å². The van der Waals surface area contributed by atoms with Crippen molar-refractivity contribution in [1.29, 1.82) is 0 Å². The van der Waals surface area contributed by atoms with E-state index in [0.29, 0.717) is 28.7 Å². The number of aliphatic hydroxyl groups excluding tert-OH is 2. The lowest BCUT2D eigenvalue weighted by Crippen LogP contribution is -2.36. The summed E-state index contributed by atoms with van der Waals surface area (Å²) in [6.07, 6.45) is -1.79. The molecule has 5 atom stereocenters. The van der Waals surface area contributed by atoms with Crippen molar-refractivity contribution in [3.8, 4) is 28.7 Å². The van der Waals surface area contributed by atoms with Gasteiger partial charge in [-0.15, -0.1) is 0 Å². The van der Waals surface area contributed by atoms with E-state index in [2.05, 4.69) is 0 Å². The Morgan fingerprint density at radius 1 is 0.867 bits per heavy atom. The van der Waals surface area contributed by atoms with Crippen LogP contribution in [0.5, 0.6) is 28.7 Å². The van der Waals surface area contributed by atoms with Crippen LogP contribution in [0.15, 0.2) is 24.3 Å². The number of ether oxygens (including phenoxy) is 6. The van der Waals surface area contributed by atoms with Crippen molar-refractivity contribution >= 4 is 0 Å². The van der Waals surface area contributed by atoms with E-state index in [1.54, 1.807) is 21.3 Å². The minimum absolute atomic E-state index is 0.141. The Labute approximate surface area is 173 Å². The van der Waals surface area contributed by atoms with Crippen LogP contribution in [-0.2, 0) is 4.74 Å². The van der Waals surface area contributed by atoms with Gasteiger partial charge in [-0.1, -0.05) is 0 Å². The number of hydrogen-bond acceptors (Lipinski definition) is 8. The van der Waals surface area contributed by atoms with Crippen molar-refractivity contribution < 1.29 is 38.6 Å². The minimum atomic E-state index is -1.01. The molecule has 2 heterocycles. The molecule has 2 aliphatic heterocycles. The lowest BCUT2D eigenvalue weighted by Gasteiger charge is -2.39. The number of benzene rings is 2. The van der Waals surface area contributed by atoms with Gasteiger partial charge in [0.2, 0.25) is 12.5 Å². The summed E-state index contributed by atoms with van der Waals surface area (Å²) in [5, 5.41) is 21.7. The standard InChI is InChI=1S/C22H24O8/c1-25-16-4-10(5-17(26-2)21(16)27-3)18-11-6-14-15(30-9-29-14)7-12(11)20(23)13-8-28-22(24)19(13)18/h4-7,13,18-20,22-24H,8-9H2,1-3H3/t13-,18+,19+,20+,22?/m0/s1. The zero-order valence-electron chi connectivity index (χ0n) is 17.0. The fourth-order valence-electron chi connectivity index (χ4n) is 4.98. The Bertz CT molecular complexity index is 949. The quantitative estimate of drug-likeness (QED) is 0.783. The van der Waals surface area contributed by atoms with E-state index in [-0.39, 0.29) is 31.2 Å². The summed E-state index contributed by atoms with van der Waals surface area (Å²) in [7, 11) is 4.68. The molecule has 0 radical (unpaired) electrons. The van der Waals surface area contributed by atoms with Crippen LogP contribution in [0.3, 0.4) is 0 Å². The topological polar surface area (TPSA) is 95.8 Å². The Hall–Kier alpha value is -2.68. The van der Waals surface area contributed by atoms with E-state index in [9.17, 15) is 10.2 Å². The first-order valence-electron chi connectivity index (χ1n) is 9.78. The maximum absolute atomic E-state index is 11.1. The van der Waals surface area contributed by atoms with E-state index >= 15 is 0 Å². The molecule has 2 N–H and O–H groups in total. The van der Waals surface area contributed by atoms with Crippen molar-refractivity contribution in [1.82, 2.24) is 0 Å². The van der Waals surface area contributed by atoms with Gasteiger partial charge in [-0.05, 0) is 41.0 Å². The Morgan fingerprint density at radius 3 is 2.10 bits per heavy atom. The van der Waals surface area contributed by atoms with Crippen molar-refractivity contribution in [2.24, 2.45) is 11.8 Å². The molecule has 5 rings (SSSR count). The Kier molecular flexibility index (Phi) is 4.65. The summed E-state index contributed by atoms with van der Waals surface area (Å²) in [5.41, 5.74) is 2.46. The number of fused-ring (bicyclic) bond motifs is 3. The maximum atomic E-state index is 11.1. The molecule has 2 aromatic carbocycles. The highest BCUT2D eigenvalue weighted by molar-refractivity contribution is 5.59. The van der Waals surface area contributed by atoms with Crippen LogP contribution in [0, 0.1) is 11.8 Å². The zero-order valence-corrected chi connectivity index (χ0v) is 17.0. The molecule has 8 heteroatoms. The van der Waals surface area contributed by atoms with Gasteiger partial charge in [0.25, 0.3) is 0 Å². The number of hydrogen-bond donors (Lipinski definition) is 2. The predicted octanol–water partition coefficient (Wildman–Crippen LogP) is 2.20. The molecule has 1 fully saturated rings. The van der Waals surface area contributed by atoms with Gasteiger partial charge >= 0.3 is 0 Å². The highest BCUT2D eigenvalue weighted by Crippen LogP contribution is 2.56. The molecule has 8 nitrogen and oxygen atoms in total. The van der Waals surface area contributed by atoms with Crippen LogP contribution in [0.4, 0.5) is 0 Å². The summed E-state index contributed by atoms with van der Waals surface area (Å²) in [6.45, 7) is 0.406. The predicted molar refractivity (Wildman–Crippen MR) is 104 cm³/mol. The summed E-state index contributed by atoms with van der Waals surface area (Å²) in [4.78, 5) is 0. The third-order valence-corrected chi connectivity index (χ3v) is 6.35. The lowest BCUT2D eigenvalue weighted by molar-refractivity contribution is -0.0863. The van der Waals surface area contributed by atoms with Gasteiger partial charge in [-0.3, -0.25) is 0 Å². The Morgan fingerprint density at radius 2 is 1.50 bits per heavy atom. The maximum Gasteiger partial charge on any atom is 0.231 e. The zero-order chi connectivity index (χ0) is 21.0. The molecule has 1 saturated heterocycles. The molecule has 2 aromatic rings. The molecular formula is C22H24O8. The van der Waals surface area contributed by atoms with Crippen molar-refractivity contribution in [3.05, 3.63) is 41.0 Å². The van der Waals surface area contributed by atoms with Crippen molar-refractivity contribution in [2.45, 2.75) is 18.3 Å². The van der Waals surface area contributed by atoms with Crippen LogP contribution in [0.25, 0.3) is 0 Å². The summed E-state index contributed by atoms with van der Waals surface area (Å²) in [6, 6.07) is 7.46. The van der Waals surface area contributed by atoms with Gasteiger partial charge in [0.05, 0.1) is 34.0 Å². The first-order valence-corrected chi connectivity index (χ1v) is 9.78. The second-order valence-corrected chi connectivity index (χ2v) is 7.68. The molecule has 1 aliphatic carbocycles. The van der Waals surface area contributed by atoms with Gasteiger partial charge in [-0.2, -0.15) is 0 Å². The number of rotatable bonds is 4. The highest BCUT2D eigenvalue weighted by atomic mass is 16.7. The van der Waals surface area contributed by atoms with E-state index in [0.717, 1.165) is 16.7 Å². The van der Waals surface area contributed by atoms with Crippen LogP contribution in [0.2, 0.25) is 0 Å². The monoisotopic (exact) mass is 416 g/mol. The number of methoxy groups -OCH3 is 3. The third-order valence-electron chi connectivity index (χ3n) is 6.35. The van der Waals surface area contributed by atoms with Crippen LogP contribution in [-0.4, -0.2) is 51.2 Å². The second-order valence-electron chi connectivity index (χ2n) is 7.68. The molecule has 0 aromatic heterocycles. The fourth-order valence-corrected chi connectivity index (χ4v) is 4.98. The highest BCUT2D eigenvalue weighted by Gasteiger charge is 2.51. The first kappa shape index (κ1) is 19.3. The average molecular weight is 416 g/mol. The van der Waals surface area contributed by atoms with Gasteiger partial charge in [0.1, 0.15) is 0 Å². The third kappa shape index (κ3) is 2.71. The molecule has 0 amide bonds. The van der Waals surface area contributed by atoms with Crippen LogP contribution in [0.1, 0.15) is 28.7 Å². The minimum Gasteiger partial charge on any atom is -0.493 e. The molecule has 30 heavy (non-hydrogen) atoms. The van der Waals surface area contributed by atoms with Gasteiger partial charge in [0, 0.05) is 17.8 Å². The Balaban J connectivity index is 1.73. The molecule has 3 aliphatic rings. The van der Waals surface area contributed by atoms with Gasteiger partial charge < -0.3 is 38.6 Å². The smallest absolute Gasteiger partial charge is 0.231 e. The molecule has 1 unspecified atom stereocenters. The SMILES string of the molecule is COc1cc([C@@H]2c3cc4c(cc3[C@@H](O)[C@H]3COC(O)[C@@H]23)OCO4)cc(OC)c1OC. The van der Waals surface area contributed by atoms with Crippen LogP contribution < -0.4 is 23.7 Å². The van der Waals surface area contributed by atoms with E-state index < -0.39 is 12.4 Å². The summed E-state index contributed by atoms with van der Waals surface area (Å²) >= 11 is 0. The largest absolute Gasteiger partial charge is 0.493 e. The molecule has 0 bridgehead atoms. The second kappa shape index (κ2) is 7.23. The van der Waals surface area contributed by atoms with Gasteiger partial charge in [0.15, 0.2) is 29.3 Å². The molecule has 0 spiro atoms. The fraction of sp³-hybridized carbons (Fsp3) is 0.455. The van der Waals surface area contributed by atoms with Crippen molar-refractivity contribution in [3.63, 3.8) is 0 Å². The van der Waals surface area contributed by atoms with Crippen LogP contribution >= 0.6 is 0 Å².